The van der Waals surface area contributed by atoms with Crippen molar-refractivity contribution in [3.63, 3.8) is 0 Å². The Kier molecular flexibility index (Phi) is 3.94. The van der Waals surface area contributed by atoms with Crippen LogP contribution in [0.1, 0.15) is 39.6 Å². The molecule has 1 aromatic carbocycles. The van der Waals surface area contributed by atoms with Crippen LogP contribution in [0.5, 0.6) is 11.5 Å². The van der Waals surface area contributed by atoms with Gasteiger partial charge in [0.2, 0.25) is 0 Å². The van der Waals surface area contributed by atoms with Crippen LogP contribution in [0.2, 0.25) is 0 Å². The number of methoxy groups -OCH3 is 2. The Hall–Kier alpha value is -2.11. The van der Waals surface area contributed by atoms with Gasteiger partial charge in [-0.1, -0.05) is 18.2 Å². The van der Waals surface area contributed by atoms with Gasteiger partial charge in [0.25, 0.3) is 0 Å². The molecule has 0 saturated heterocycles. The number of hydrogen-bond acceptors (Lipinski definition) is 5. The molecule has 4 heterocycles. The second-order valence-electron chi connectivity index (χ2n) is 8.36. The summed E-state index contributed by atoms with van der Waals surface area (Å²) < 4.78 is 11.4. The zero-order valence-electron chi connectivity index (χ0n) is 16.6. The number of hydrogen-bond donors (Lipinski definition) is 0. The Balaban J connectivity index is 1.56. The lowest BCUT2D eigenvalue weighted by Gasteiger charge is -2.55. The van der Waals surface area contributed by atoms with Crippen LogP contribution < -0.4 is 9.47 Å². The first kappa shape index (κ1) is 17.7. The van der Waals surface area contributed by atoms with Gasteiger partial charge in [0.15, 0.2) is 11.5 Å². The number of rotatable bonds is 4. The fourth-order valence-corrected chi connectivity index (χ4v) is 7.70. The monoisotopic (exact) mass is 421 g/mol. The summed E-state index contributed by atoms with van der Waals surface area (Å²) in [6.45, 7) is 0. The van der Waals surface area contributed by atoms with E-state index in [0.717, 1.165) is 30.8 Å². The van der Waals surface area contributed by atoms with Crippen LogP contribution in [-0.4, -0.2) is 19.9 Å². The normalized spacial score (nSPS) is 29.3. The lowest BCUT2D eigenvalue weighted by atomic mass is 9.53. The van der Waals surface area contributed by atoms with Crippen LogP contribution in [0.4, 0.5) is 0 Å². The molecule has 5 heteroatoms. The molecule has 2 aliphatic heterocycles. The van der Waals surface area contributed by atoms with E-state index in [9.17, 15) is 0 Å². The molecule has 0 spiro atoms. The Morgan fingerprint density at radius 3 is 2.59 bits per heavy atom. The number of thiophene rings is 2. The van der Waals surface area contributed by atoms with Crippen molar-refractivity contribution in [1.29, 1.82) is 0 Å². The first-order valence-corrected chi connectivity index (χ1v) is 11.9. The quantitative estimate of drug-likeness (QED) is 0.526. The van der Waals surface area contributed by atoms with Gasteiger partial charge in [-0.05, 0) is 65.6 Å². The van der Waals surface area contributed by atoms with E-state index in [1.807, 2.05) is 22.7 Å². The van der Waals surface area contributed by atoms with Crippen molar-refractivity contribution in [2.24, 2.45) is 16.8 Å². The molecule has 4 bridgehead atoms. The van der Waals surface area contributed by atoms with Crippen LogP contribution in [0.3, 0.4) is 0 Å². The average molecular weight is 422 g/mol. The second-order valence-corrected chi connectivity index (χ2v) is 10.3. The first-order chi connectivity index (χ1) is 14.2. The minimum atomic E-state index is -0.0809. The maximum absolute atomic E-state index is 5.83. The van der Waals surface area contributed by atoms with Crippen molar-refractivity contribution >= 4 is 28.4 Å². The molecule has 0 radical (unpaired) electrons. The van der Waals surface area contributed by atoms with Gasteiger partial charge in [0.1, 0.15) is 0 Å². The zero-order valence-corrected chi connectivity index (χ0v) is 18.2. The summed E-state index contributed by atoms with van der Waals surface area (Å²) in [6.07, 6.45) is 3.25. The molecule has 4 atom stereocenters. The third kappa shape index (κ3) is 2.44. The predicted molar refractivity (Wildman–Crippen MR) is 119 cm³/mol. The standard InChI is InChI=1S/C24H23NO2S2/c1-26-18-8-7-15-16(23(18)27-2)11-14-12-24(20-6-4-10-29-20)13-17(15)21(14)22(25-24)19-5-3-9-28-19/h3-10,14,17,21H,11-13H2,1-2H3/t14-,17-,21+,24-/m1/s1. The van der Waals surface area contributed by atoms with E-state index in [-0.39, 0.29) is 5.54 Å². The van der Waals surface area contributed by atoms with Gasteiger partial charge in [-0.15, -0.1) is 22.7 Å². The minimum Gasteiger partial charge on any atom is -0.493 e. The summed E-state index contributed by atoms with van der Waals surface area (Å²) in [5.74, 6) is 3.34. The number of benzene rings is 1. The van der Waals surface area contributed by atoms with Gasteiger partial charge in [-0.3, -0.25) is 4.99 Å². The molecule has 0 unspecified atom stereocenters. The SMILES string of the molecule is COc1ccc2c(c1OC)C[C@@H]1C[C@]3(c4cccs4)C[C@H]2[C@H]1C(c1cccs1)=N3. The molecule has 0 N–H and O–H groups in total. The molecule has 148 valence electrons. The number of ether oxygens (including phenoxy) is 2. The van der Waals surface area contributed by atoms with E-state index in [2.05, 4.69) is 47.2 Å². The van der Waals surface area contributed by atoms with Crippen molar-refractivity contribution in [2.45, 2.75) is 30.7 Å². The second kappa shape index (κ2) is 6.44. The van der Waals surface area contributed by atoms with Gasteiger partial charge in [0.05, 0.1) is 25.5 Å². The van der Waals surface area contributed by atoms with Gasteiger partial charge in [-0.2, -0.15) is 0 Å². The van der Waals surface area contributed by atoms with Crippen LogP contribution in [-0.2, 0) is 12.0 Å². The van der Waals surface area contributed by atoms with Crippen molar-refractivity contribution in [1.82, 2.24) is 0 Å². The molecule has 1 fully saturated rings. The molecular formula is C24H23NO2S2. The number of nitrogens with zero attached hydrogens (tertiary/aromatic N) is 1. The maximum atomic E-state index is 5.83. The van der Waals surface area contributed by atoms with E-state index in [1.54, 1.807) is 14.2 Å². The van der Waals surface area contributed by atoms with Crippen molar-refractivity contribution in [3.05, 3.63) is 68.0 Å². The highest BCUT2D eigenvalue weighted by Crippen LogP contribution is 2.62. The predicted octanol–water partition coefficient (Wildman–Crippen LogP) is 5.89. The van der Waals surface area contributed by atoms with Crippen LogP contribution in [0.25, 0.3) is 0 Å². The zero-order chi connectivity index (χ0) is 19.6. The van der Waals surface area contributed by atoms with E-state index in [1.165, 1.54) is 26.6 Å². The molecule has 29 heavy (non-hydrogen) atoms. The average Bonchev–Trinajstić information content (AvgIpc) is 3.47. The lowest BCUT2D eigenvalue weighted by Crippen LogP contribution is -2.51. The lowest BCUT2D eigenvalue weighted by molar-refractivity contribution is 0.131. The molecular weight excluding hydrogens is 398 g/mol. The topological polar surface area (TPSA) is 30.8 Å². The summed E-state index contributed by atoms with van der Waals surface area (Å²) in [5, 5.41) is 4.37. The highest BCUT2D eigenvalue weighted by atomic mass is 32.1. The van der Waals surface area contributed by atoms with Crippen LogP contribution in [0, 0.1) is 11.8 Å². The minimum absolute atomic E-state index is 0.0809. The van der Waals surface area contributed by atoms with E-state index < -0.39 is 0 Å². The van der Waals surface area contributed by atoms with Crippen LogP contribution >= 0.6 is 22.7 Å². The van der Waals surface area contributed by atoms with E-state index in [0.29, 0.717) is 17.8 Å². The summed E-state index contributed by atoms with van der Waals surface area (Å²) in [4.78, 5) is 8.24. The first-order valence-electron chi connectivity index (χ1n) is 10.2. The third-order valence-corrected chi connectivity index (χ3v) is 9.01. The Morgan fingerprint density at radius 2 is 1.86 bits per heavy atom. The van der Waals surface area contributed by atoms with Crippen molar-refractivity contribution in [3.8, 4) is 11.5 Å². The Bertz CT molecular complexity index is 1090. The molecule has 7 rings (SSSR count). The fraction of sp³-hybridized carbons (Fsp3) is 0.375. The highest BCUT2D eigenvalue weighted by molar-refractivity contribution is 7.12. The Labute approximate surface area is 179 Å². The molecule has 3 aromatic rings. The smallest absolute Gasteiger partial charge is 0.164 e. The van der Waals surface area contributed by atoms with Gasteiger partial charge >= 0.3 is 0 Å². The van der Waals surface area contributed by atoms with E-state index >= 15 is 0 Å². The van der Waals surface area contributed by atoms with E-state index in [4.69, 9.17) is 14.5 Å². The van der Waals surface area contributed by atoms with Crippen LogP contribution in [0.15, 0.2) is 52.2 Å². The molecule has 2 aliphatic carbocycles. The van der Waals surface area contributed by atoms with Gasteiger partial charge < -0.3 is 9.47 Å². The van der Waals surface area contributed by atoms with Crippen molar-refractivity contribution in [2.75, 3.05) is 14.2 Å². The third-order valence-electron chi connectivity index (χ3n) is 7.05. The molecule has 2 aromatic heterocycles. The fourth-order valence-electron chi connectivity index (χ4n) is 6.05. The van der Waals surface area contributed by atoms with Gasteiger partial charge in [-0.25, -0.2) is 0 Å². The molecule has 3 nitrogen and oxygen atoms in total. The van der Waals surface area contributed by atoms with Crippen molar-refractivity contribution < 1.29 is 9.47 Å². The summed E-state index contributed by atoms with van der Waals surface area (Å²) in [5.41, 5.74) is 4.04. The number of aliphatic imine (C=N–C) groups is 1. The summed E-state index contributed by atoms with van der Waals surface area (Å²) >= 11 is 3.69. The Morgan fingerprint density at radius 1 is 1.00 bits per heavy atom. The highest BCUT2D eigenvalue weighted by Gasteiger charge is 2.56. The molecule has 0 amide bonds. The summed E-state index contributed by atoms with van der Waals surface area (Å²) in [7, 11) is 3.49. The molecule has 4 aliphatic rings. The maximum Gasteiger partial charge on any atom is 0.164 e. The van der Waals surface area contributed by atoms with Gasteiger partial charge in [0, 0.05) is 21.2 Å². The largest absolute Gasteiger partial charge is 0.493 e. The molecule has 1 saturated carbocycles. The number of fused-ring (bicyclic) bond motifs is 1. The summed E-state index contributed by atoms with van der Waals surface area (Å²) in [6, 6.07) is 13.2.